The number of halogens is 1. The minimum atomic E-state index is -0.143. The van der Waals surface area contributed by atoms with Crippen LogP contribution in [0.25, 0.3) is 0 Å². The number of nitrogens with zero attached hydrogens (tertiary/aromatic N) is 1. The molecule has 0 spiro atoms. The fraction of sp³-hybridized carbons (Fsp3) is 0.462. The van der Waals surface area contributed by atoms with Gasteiger partial charge in [0.25, 0.3) is 0 Å². The summed E-state index contributed by atoms with van der Waals surface area (Å²) in [5, 5.41) is 6.72. The lowest BCUT2D eigenvalue weighted by Crippen LogP contribution is -2.54. The third kappa shape index (κ3) is 2.60. The maximum absolute atomic E-state index is 11.7. The Labute approximate surface area is 112 Å². The minimum absolute atomic E-state index is 0.0756. The number of carbonyl (C=O) groups excluding carboxylic acids is 1. The molecule has 1 atom stereocenters. The van der Waals surface area contributed by atoms with E-state index in [1.165, 1.54) is 0 Å². The number of nitrogens with one attached hydrogen (secondary N) is 2. The van der Waals surface area contributed by atoms with Crippen LogP contribution in [0.4, 0.5) is 5.69 Å². The van der Waals surface area contributed by atoms with Gasteiger partial charge in [0.15, 0.2) is 0 Å². The Morgan fingerprint density at radius 1 is 1.56 bits per heavy atom. The summed E-state index contributed by atoms with van der Waals surface area (Å²) < 4.78 is 0. The molecule has 18 heavy (non-hydrogen) atoms. The Bertz CT molecular complexity index is 450. The van der Waals surface area contributed by atoms with Crippen LogP contribution in [0.3, 0.4) is 0 Å². The molecule has 2 N–H and O–H groups in total. The number of rotatable bonds is 3. The third-order valence-electron chi connectivity index (χ3n) is 3.22. The lowest BCUT2D eigenvalue weighted by atomic mass is 10.1. The molecule has 1 aromatic carbocycles. The summed E-state index contributed by atoms with van der Waals surface area (Å²) in [4.78, 5) is 13.8. The smallest absolute Gasteiger partial charge is 0.242 e. The highest BCUT2D eigenvalue weighted by Crippen LogP contribution is 2.26. The van der Waals surface area contributed by atoms with Crippen LogP contribution in [0.2, 0.25) is 5.02 Å². The molecular weight excluding hydrogens is 250 g/mol. The van der Waals surface area contributed by atoms with Crippen LogP contribution < -0.4 is 15.5 Å². The fourth-order valence-electron chi connectivity index (χ4n) is 2.28. The quantitative estimate of drug-likeness (QED) is 0.870. The number of hydrogen-bond acceptors (Lipinski definition) is 3. The number of carbonyl (C=O) groups is 1. The van der Waals surface area contributed by atoms with Gasteiger partial charge in [0.05, 0.1) is 0 Å². The summed E-state index contributed by atoms with van der Waals surface area (Å²) in [5.74, 6) is 0.0756. The molecule has 2 rings (SSSR count). The molecule has 4 nitrogen and oxygen atoms in total. The van der Waals surface area contributed by atoms with E-state index in [2.05, 4.69) is 15.5 Å². The highest BCUT2D eigenvalue weighted by molar-refractivity contribution is 6.30. The van der Waals surface area contributed by atoms with Gasteiger partial charge in [-0.25, -0.2) is 0 Å². The third-order valence-corrected chi connectivity index (χ3v) is 3.45. The summed E-state index contributed by atoms with van der Waals surface area (Å²) >= 11 is 6.03. The Kier molecular flexibility index (Phi) is 4.09. The Balaban J connectivity index is 2.33. The molecular formula is C13H18ClN3O. The van der Waals surface area contributed by atoms with Gasteiger partial charge < -0.3 is 15.5 Å². The Hall–Kier alpha value is -1.26. The van der Waals surface area contributed by atoms with Gasteiger partial charge in [-0.15, -0.1) is 0 Å². The van der Waals surface area contributed by atoms with Crippen molar-refractivity contribution in [1.29, 1.82) is 0 Å². The summed E-state index contributed by atoms with van der Waals surface area (Å²) in [6.45, 7) is 4.17. The molecule has 1 heterocycles. The molecule has 1 aliphatic rings. The van der Waals surface area contributed by atoms with Gasteiger partial charge in [0, 0.05) is 30.3 Å². The summed E-state index contributed by atoms with van der Waals surface area (Å²) in [6, 6.07) is 5.67. The van der Waals surface area contributed by atoms with Gasteiger partial charge in [0.1, 0.15) is 6.04 Å². The van der Waals surface area contributed by atoms with E-state index in [4.69, 9.17) is 11.6 Å². The van der Waals surface area contributed by atoms with E-state index in [-0.39, 0.29) is 11.9 Å². The molecule has 1 saturated heterocycles. The predicted octanol–water partition coefficient (Wildman–Crippen LogP) is 1.38. The van der Waals surface area contributed by atoms with Crippen molar-refractivity contribution in [3.63, 3.8) is 0 Å². The lowest BCUT2D eigenvalue weighted by molar-refractivity contribution is -0.122. The average molecular weight is 268 g/mol. The first kappa shape index (κ1) is 13.2. The summed E-state index contributed by atoms with van der Waals surface area (Å²) in [7, 11) is 1.90. The molecule has 0 bridgehead atoms. The van der Waals surface area contributed by atoms with Crippen molar-refractivity contribution < 1.29 is 4.79 Å². The van der Waals surface area contributed by atoms with Gasteiger partial charge in [-0.3, -0.25) is 4.79 Å². The minimum Gasteiger partial charge on any atom is -0.358 e. The highest BCUT2D eigenvalue weighted by atomic mass is 35.5. The van der Waals surface area contributed by atoms with Crippen LogP contribution >= 0.6 is 11.6 Å². The number of benzene rings is 1. The van der Waals surface area contributed by atoms with Crippen molar-refractivity contribution >= 4 is 23.2 Å². The maximum Gasteiger partial charge on any atom is 0.242 e. The first-order chi connectivity index (χ1) is 8.63. The van der Waals surface area contributed by atoms with Crippen molar-refractivity contribution in [3.05, 3.63) is 28.8 Å². The van der Waals surface area contributed by atoms with Crippen LogP contribution in [0, 0.1) is 0 Å². The van der Waals surface area contributed by atoms with Crippen LogP contribution in [0.15, 0.2) is 18.2 Å². The molecule has 5 heteroatoms. The van der Waals surface area contributed by atoms with Crippen molar-refractivity contribution in [2.45, 2.75) is 19.5 Å². The fourth-order valence-corrected chi connectivity index (χ4v) is 2.47. The number of anilines is 1. The van der Waals surface area contributed by atoms with E-state index >= 15 is 0 Å². The first-order valence-corrected chi connectivity index (χ1v) is 6.48. The number of amides is 1. The van der Waals surface area contributed by atoms with Crippen molar-refractivity contribution in [3.8, 4) is 0 Å². The second kappa shape index (κ2) is 5.59. The van der Waals surface area contributed by atoms with Gasteiger partial charge in [0.2, 0.25) is 5.91 Å². The monoisotopic (exact) mass is 267 g/mol. The van der Waals surface area contributed by atoms with Gasteiger partial charge in [-0.1, -0.05) is 11.6 Å². The van der Waals surface area contributed by atoms with E-state index in [9.17, 15) is 4.79 Å². The van der Waals surface area contributed by atoms with Crippen LogP contribution in [-0.2, 0) is 11.3 Å². The Morgan fingerprint density at radius 3 is 3.06 bits per heavy atom. The zero-order chi connectivity index (χ0) is 13.1. The van der Waals surface area contributed by atoms with Crippen LogP contribution in [0.1, 0.15) is 12.5 Å². The molecule has 1 amide bonds. The SMILES string of the molecule is CNCc1cc(Cl)ccc1N1CCNC(=O)C1C. The first-order valence-electron chi connectivity index (χ1n) is 6.11. The molecule has 1 fully saturated rings. The molecule has 1 aromatic rings. The zero-order valence-electron chi connectivity index (χ0n) is 10.7. The number of hydrogen-bond donors (Lipinski definition) is 2. The molecule has 0 aliphatic carbocycles. The molecule has 0 radical (unpaired) electrons. The predicted molar refractivity (Wildman–Crippen MR) is 74.0 cm³/mol. The molecule has 0 saturated carbocycles. The van der Waals surface area contributed by atoms with Crippen LogP contribution in [-0.4, -0.2) is 32.1 Å². The second-order valence-electron chi connectivity index (χ2n) is 4.46. The van der Waals surface area contributed by atoms with Crippen molar-refractivity contribution in [2.75, 3.05) is 25.0 Å². The molecule has 0 aromatic heterocycles. The van der Waals surface area contributed by atoms with E-state index < -0.39 is 0 Å². The molecule has 98 valence electrons. The zero-order valence-corrected chi connectivity index (χ0v) is 11.4. The van der Waals surface area contributed by atoms with Crippen molar-refractivity contribution in [2.24, 2.45) is 0 Å². The summed E-state index contributed by atoms with van der Waals surface area (Å²) in [6.07, 6.45) is 0. The van der Waals surface area contributed by atoms with E-state index in [0.717, 1.165) is 29.4 Å². The van der Waals surface area contributed by atoms with Gasteiger partial charge in [-0.2, -0.15) is 0 Å². The maximum atomic E-state index is 11.7. The van der Waals surface area contributed by atoms with E-state index in [0.29, 0.717) is 6.54 Å². The van der Waals surface area contributed by atoms with Gasteiger partial charge >= 0.3 is 0 Å². The summed E-state index contributed by atoms with van der Waals surface area (Å²) in [5.41, 5.74) is 2.20. The number of piperazine rings is 1. The largest absolute Gasteiger partial charge is 0.358 e. The van der Waals surface area contributed by atoms with Gasteiger partial charge in [-0.05, 0) is 37.7 Å². The lowest BCUT2D eigenvalue weighted by Gasteiger charge is -2.36. The molecule has 1 unspecified atom stereocenters. The standard InChI is InChI=1S/C13H18ClN3O/c1-9-13(18)16-5-6-17(9)12-4-3-11(14)7-10(12)8-15-2/h3-4,7,9,15H,5-6,8H2,1-2H3,(H,16,18). The topological polar surface area (TPSA) is 44.4 Å². The van der Waals surface area contributed by atoms with E-state index in [1.54, 1.807) is 0 Å². The average Bonchev–Trinajstić information content (AvgIpc) is 2.34. The Morgan fingerprint density at radius 2 is 2.33 bits per heavy atom. The normalized spacial score (nSPS) is 19.8. The second-order valence-corrected chi connectivity index (χ2v) is 4.90. The molecule has 1 aliphatic heterocycles. The van der Waals surface area contributed by atoms with Crippen LogP contribution in [0.5, 0.6) is 0 Å². The van der Waals surface area contributed by atoms with Crippen molar-refractivity contribution in [1.82, 2.24) is 10.6 Å². The van der Waals surface area contributed by atoms with E-state index in [1.807, 2.05) is 32.2 Å². The highest BCUT2D eigenvalue weighted by Gasteiger charge is 2.26.